The summed E-state index contributed by atoms with van der Waals surface area (Å²) in [6.45, 7) is 6.56. The Kier molecular flexibility index (Phi) is 8.56. The van der Waals surface area contributed by atoms with Crippen molar-refractivity contribution in [2.75, 3.05) is 44.8 Å². The lowest BCUT2D eigenvalue weighted by atomic mass is 9.71. The van der Waals surface area contributed by atoms with Gasteiger partial charge >= 0.3 is 5.82 Å². The zero-order valence-electron chi connectivity index (χ0n) is 24.2. The molecule has 5 heterocycles. The Hall–Kier alpha value is -2.96. The molecule has 0 spiro atoms. The maximum atomic E-state index is 14.8. The number of alkyl halides is 2. The van der Waals surface area contributed by atoms with Gasteiger partial charge in [0.05, 0.1) is 19.4 Å². The molecule has 3 saturated heterocycles. The molecule has 0 N–H and O–H groups in total. The summed E-state index contributed by atoms with van der Waals surface area (Å²) in [5.74, 6) is 0.778. The van der Waals surface area contributed by atoms with Crippen LogP contribution in [0.3, 0.4) is 0 Å². The second kappa shape index (κ2) is 12.3. The molecule has 0 bridgehead atoms. The first-order valence-electron chi connectivity index (χ1n) is 15.0. The van der Waals surface area contributed by atoms with E-state index >= 15 is 0 Å². The van der Waals surface area contributed by atoms with Crippen LogP contribution in [0.5, 0.6) is 5.88 Å². The van der Waals surface area contributed by atoms with E-state index < -0.39 is 23.4 Å². The number of hydrogen-bond acceptors (Lipinski definition) is 9. The van der Waals surface area contributed by atoms with Crippen LogP contribution in [0, 0.1) is 22.0 Å². The lowest BCUT2D eigenvalue weighted by molar-refractivity contribution is -0.389. The van der Waals surface area contributed by atoms with Gasteiger partial charge in [0, 0.05) is 69.2 Å². The number of ether oxygens (including phenoxy) is 2. The number of piperidine rings is 2. The van der Waals surface area contributed by atoms with Gasteiger partial charge in [0.2, 0.25) is 5.88 Å². The van der Waals surface area contributed by atoms with Crippen LogP contribution in [0.1, 0.15) is 38.2 Å². The van der Waals surface area contributed by atoms with Crippen LogP contribution in [0.2, 0.25) is 0 Å². The molecule has 4 aliphatic rings. The van der Waals surface area contributed by atoms with E-state index in [-0.39, 0.29) is 36.3 Å². The van der Waals surface area contributed by atoms with Crippen molar-refractivity contribution >= 4 is 11.5 Å². The average Bonchev–Trinajstić information content (AvgIpc) is 3.00. The fraction of sp³-hybridized carbons (Fsp3) is 0.667. The van der Waals surface area contributed by atoms with Crippen LogP contribution in [0.25, 0.3) is 0 Å². The van der Waals surface area contributed by atoms with E-state index in [2.05, 4.69) is 31.6 Å². The van der Waals surface area contributed by atoms with Crippen molar-refractivity contribution in [3.63, 3.8) is 0 Å². The molecule has 10 nitrogen and oxygen atoms in total. The van der Waals surface area contributed by atoms with Crippen LogP contribution in [-0.4, -0.2) is 101 Å². The molecule has 4 fully saturated rings. The highest BCUT2D eigenvalue weighted by Gasteiger charge is 2.54. The Labute approximate surface area is 245 Å². The lowest BCUT2D eigenvalue weighted by Crippen LogP contribution is -2.68. The number of rotatable bonds is 8. The van der Waals surface area contributed by atoms with Crippen molar-refractivity contribution in [2.24, 2.45) is 11.8 Å². The van der Waals surface area contributed by atoms with Crippen LogP contribution in [0.15, 0.2) is 36.7 Å². The summed E-state index contributed by atoms with van der Waals surface area (Å²) in [5, 5.41) is 11.1. The third-order valence-electron chi connectivity index (χ3n) is 9.68. The quantitative estimate of drug-likeness (QED) is 0.335. The van der Waals surface area contributed by atoms with Crippen LogP contribution in [-0.2, 0) is 11.3 Å². The zero-order valence-corrected chi connectivity index (χ0v) is 24.2. The molecule has 42 heavy (non-hydrogen) atoms. The van der Waals surface area contributed by atoms with E-state index in [1.54, 1.807) is 25.6 Å². The summed E-state index contributed by atoms with van der Waals surface area (Å²) in [4.78, 5) is 26.1. The molecule has 0 radical (unpaired) electrons. The molecule has 1 saturated carbocycles. The number of morpholine rings is 1. The number of pyridine rings is 2. The molecular formula is C30H40F2N6O4. The predicted molar refractivity (Wildman–Crippen MR) is 153 cm³/mol. The summed E-state index contributed by atoms with van der Waals surface area (Å²) >= 11 is 0. The first-order chi connectivity index (χ1) is 20.3. The average molecular weight is 587 g/mol. The number of anilines is 1. The van der Waals surface area contributed by atoms with Gasteiger partial charge in [-0.05, 0) is 72.0 Å². The van der Waals surface area contributed by atoms with E-state index in [9.17, 15) is 18.9 Å². The molecule has 6 rings (SSSR count). The van der Waals surface area contributed by atoms with Gasteiger partial charge in [-0.15, -0.1) is 0 Å². The highest BCUT2D eigenvalue weighted by Crippen LogP contribution is 2.44. The van der Waals surface area contributed by atoms with Gasteiger partial charge in [-0.3, -0.25) is 9.80 Å². The molecule has 1 aliphatic carbocycles. The van der Waals surface area contributed by atoms with Crippen molar-refractivity contribution in [1.29, 1.82) is 0 Å². The lowest BCUT2D eigenvalue weighted by Gasteiger charge is -2.57. The molecule has 2 aromatic heterocycles. The molecule has 8 atom stereocenters. The monoisotopic (exact) mass is 586 g/mol. The molecule has 7 unspecified atom stereocenters. The normalized spacial score (nSPS) is 33.3. The molecule has 0 aromatic carbocycles. The summed E-state index contributed by atoms with van der Waals surface area (Å²) in [6, 6.07) is 7.55. The minimum atomic E-state index is -1.56. The third-order valence-corrected chi connectivity index (χ3v) is 9.68. The number of nitro groups is 1. The van der Waals surface area contributed by atoms with Crippen molar-refractivity contribution < 1.29 is 23.2 Å². The molecule has 0 amide bonds. The van der Waals surface area contributed by atoms with E-state index in [1.165, 1.54) is 6.07 Å². The summed E-state index contributed by atoms with van der Waals surface area (Å²) in [5.41, 5.74) is 1.98. The number of nitrogens with zero attached hydrogens (tertiary/aromatic N) is 6. The standard InChI is InChI=1S/C30H40F2N6O4/c1-19-18-42-30-28(32)25(31)12-22-10-21(16-37(19)29(22)30)15-36(14-20-7-8-33-27(11-20)41-2)24-4-3-9-35(17-24)23-5-6-26(34-13-23)38(39)40/h5-8,11,13,19,21-22,24-25,28-30H,3-4,9-10,12,14-18H2,1-2H3/t19?,21?,22?,24-,25?,28?,29?,30?/m0/s1. The SMILES string of the molecule is COc1cc(CN(CC2CC3CC(F)C(F)C4OCC(C)N(C2)C34)[C@H]2CCCN(c3ccc([N+](=O)[O-])nc3)C2)ccn1. The fourth-order valence-corrected chi connectivity index (χ4v) is 7.71. The predicted octanol–water partition coefficient (Wildman–Crippen LogP) is 4.04. The van der Waals surface area contributed by atoms with Crippen molar-refractivity contribution in [3.05, 3.63) is 52.3 Å². The second-order valence-corrected chi connectivity index (χ2v) is 12.4. The van der Waals surface area contributed by atoms with Gasteiger partial charge in [0.15, 0.2) is 12.4 Å². The van der Waals surface area contributed by atoms with Crippen LogP contribution >= 0.6 is 0 Å². The maximum Gasteiger partial charge on any atom is 0.363 e. The highest BCUT2D eigenvalue weighted by atomic mass is 19.2. The smallest absolute Gasteiger partial charge is 0.363 e. The molecule has 228 valence electrons. The van der Waals surface area contributed by atoms with Gasteiger partial charge < -0.3 is 24.5 Å². The van der Waals surface area contributed by atoms with Gasteiger partial charge in [-0.1, -0.05) is 0 Å². The number of hydrogen-bond donors (Lipinski definition) is 0. The van der Waals surface area contributed by atoms with E-state index in [4.69, 9.17) is 9.47 Å². The Balaban J connectivity index is 1.23. The van der Waals surface area contributed by atoms with Crippen molar-refractivity contribution in [3.8, 4) is 5.88 Å². The van der Waals surface area contributed by atoms with Crippen LogP contribution in [0.4, 0.5) is 20.3 Å². The summed E-state index contributed by atoms with van der Waals surface area (Å²) in [7, 11) is 1.61. The van der Waals surface area contributed by atoms with Gasteiger partial charge in [-0.2, -0.15) is 0 Å². The Bertz CT molecular complexity index is 1240. The zero-order chi connectivity index (χ0) is 29.4. The third kappa shape index (κ3) is 5.93. The highest BCUT2D eigenvalue weighted by molar-refractivity contribution is 5.47. The molecular weight excluding hydrogens is 546 g/mol. The minimum Gasteiger partial charge on any atom is -0.481 e. The first-order valence-corrected chi connectivity index (χ1v) is 15.0. The van der Waals surface area contributed by atoms with E-state index in [0.717, 1.165) is 56.7 Å². The van der Waals surface area contributed by atoms with Gasteiger partial charge in [0.25, 0.3) is 0 Å². The first kappa shape index (κ1) is 29.1. The Morgan fingerprint density at radius 3 is 2.83 bits per heavy atom. The number of halogens is 2. The molecule has 2 aromatic rings. The van der Waals surface area contributed by atoms with Gasteiger partial charge in [0.1, 0.15) is 12.3 Å². The van der Waals surface area contributed by atoms with Crippen molar-refractivity contribution in [2.45, 2.75) is 75.7 Å². The maximum absolute atomic E-state index is 14.8. The summed E-state index contributed by atoms with van der Waals surface area (Å²) in [6.07, 6.45) is 2.73. The topological polar surface area (TPSA) is 97.1 Å². The van der Waals surface area contributed by atoms with E-state index in [1.807, 2.05) is 12.1 Å². The number of aromatic nitrogens is 2. The largest absolute Gasteiger partial charge is 0.481 e. The van der Waals surface area contributed by atoms with Gasteiger partial charge in [-0.25, -0.2) is 13.8 Å². The number of methoxy groups -OCH3 is 1. The second-order valence-electron chi connectivity index (χ2n) is 12.4. The Morgan fingerprint density at radius 2 is 2.07 bits per heavy atom. The fourth-order valence-electron chi connectivity index (χ4n) is 7.71. The summed E-state index contributed by atoms with van der Waals surface area (Å²) < 4.78 is 40.9. The molecule has 3 aliphatic heterocycles. The van der Waals surface area contributed by atoms with E-state index in [0.29, 0.717) is 24.9 Å². The van der Waals surface area contributed by atoms with Crippen molar-refractivity contribution in [1.82, 2.24) is 19.8 Å². The minimum absolute atomic E-state index is 0.0651. The van der Waals surface area contributed by atoms with Crippen LogP contribution < -0.4 is 9.64 Å². The molecule has 12 heteroatoms. The Morgan fingerprint density at radius 1 is 1.21 bits per heavy atom.